The molecule has 0 aliphatic carbocycles. The van der Waals surface area contributed by atoms with E-state index in [1.807, 2.05) is 48.5 Å². The smallest absolute Gasteiger partial charge is 0.224 e. The summed E-state index contributed by atoms with van der Waals surface area (Å²) in [5.74, 6) is 0.0181. The normalized spacial score (nSPS) is 15.1. The van der Waals surface area contributed by atoms with Gasteiger partial charge < -0.3 is 15.1 Å². The first-order valence-corrected chi connectivity index (χ1v) is 9.64. The molecule has 1 heterocycles. The van der Waals surface area contributed by atoms with Crippen molar-refractivity contribution < 1.29 is 4.79 Å². The number of benzene rings is 2. The molecule has 1 N–H and O–H groups in total. The highest BCUT2D eigenvalue weighted by molar-refractivity contribution is 6.31. The van der Waals surface area contributed by atoms with Crippen LogP contribution in [0, 0.1) is 0 Å². The maximum atomic E-state index is 12.4. The lowest BCUT2D eigenvalue weighted by Crippen LogP contribution is -2.46. The summed E-state index contributed by atoms with van der Waals surface area (Å²) >= 11 is 6.18. The first-order chi connectivity index (χ1) is 12.7. The van der Waals surface area contributed by atoms with Crippen molar-refractivity contribution in [3.05, 3.63) is 59.1 Å². The van der Waals surface area contributed by atoms with Crippen LogP contribution in [-0.4, -0.2) is 43.5 Å². The van der Waals surface area contributed by atoms with Gasteiger partial charge in [-0.25, -0.2) is 0 Å². The first kappa shape index (κ1) is 18.7. The molecule has 0 spiro atoms. The van der Waals surface area contributed by atoms with Crippen molar-refractivity contribution in [2.45, 2.75) is 19.8 Å². The van der Waals surface area contributed by atoms with E-state index in [2.05, 4.69) is 22.0 Å². The van der Waals surface area contributed by atoms with Gasteiger partial charge in [0.2, 0.25) is 5.91 Å². The van der Waals surface area contributed by atoms with E-state index in [-0.39, 0.29) is 5.91 Å². The molecule has 0 atom stereocenters. The number of amides is 1. The first-order valence-electron chi connectivity index (χ1n) is 9.26. The molecule has 0 bridgehead atoms. The highest BCUT2D eigenvalue weighted by Crippen LogP contribution is 2.30. The van der Waals surface area contributed by atoms with Gasteiger partial charge in [-0.15, -0.1) is 0 Å². The summed E-state index contributed by atoms with van der Waals surface area (Å²) in [6, 6.07) is 15.8. The Kier molecular flexibility index (Phi) is 6.53. The number of piperazine rings is 1. The minimum atomic E-state index is 0.0181. The van der Waals surface area contributed by atoms with Crippen molar-refractivity contribution >= 4 is 28.9 Å². The molecule has 0 radical (unpaired) electrons. The zero-order valence-corrected chi connectivity index (χ0v) is 16.0. The van der Waals surface area contributed by atoms with Crippen molar-refractivity contribution in [2.24, 2.45) is 0 Å². The Morgan fingerprint density at radius 1 is 1.08 bits per heavy atom. The van der Waals surface area contributed by atoms with Gasteiger partial charge in [0.05, 0.1) is 11.4 Å². The molecule has 1 aliphatic heterocycles. The number of nitrogens with one attached hydrogen (secondary N) is 1. The van der Waals surface area contributed by atoms with Gasteiger partial charge in [0.1, 0.15) is 0 Å². The zero-order valence-electron chi connectivity index (χ0n) is 15.2. The van der Waals surface area contributed by atoms with Crippen LogP contribution in [0.1, 0.15) is 18.9 Å². The molecule has 1 fully saturated rings. The monoisotopic (exact) mass is 371 g/mol. The largest absolute Gasteiger partial charge is 0.367 e. The molecule has 138 valence electrons. The molecule has 26 heavy (non-hydrogen) atoms. The van der Waals surface area contributed by atoms with Crippen LogP contribution in [0.5, 0.6) is 0 Å². The van der Waals surface area contributed by atoms with Gasteiger partial charge in [0, 0.05) is 37.6 Å². The molecule has 1 aliphatic rings. The Labute approximate surface area is 160 Å². The Bertz CT molecular complexity index is 727. The van der Waals surface area contributed by atoms with E-state index < -0.39 is 0 Å². The summed E-state index contributed by atoms with van der Waals surface area (Å²) in [6.07, 6.45) is 1.19. The molecular weight excluding hydrogens is 346 g/mol. The van der Waals surface area contributed by atoms with Gasteiger partial charge in [0.15, 0.2) is 0 Å². The molecule has 0 unspecified atom stereocenters. The van der Waals surface area contributed by atoms with E-state index in [1.165, 1.54) is 5.56 Å². The zero-order chi connectivity index (χ0) is 18.4. The second-order valence-corrected chi connectivity index (χ2v) is 7.05. The standard InChI is InChI=1S/C21H26ClN3O/c1-2-24-12-14-25(15-13-24)20-10-9-18(22)16-19(20)23-21(26)11-8-17-6-4-3-5-7-17/h3-7,9-10,16H,2,8,11-15H2,1H3,(H,23,26). The Morgan fingerprint density at radius 3 is 2.50 bits per heavy atom. The number of carbonyl (C=O) groups excluding carboxylic acids is 1. The molecule has 1 amide bonds. The van der Waals surface area contributed by atoms with Crippen molar-refractivity contribution in [1.29, 1.82) is 0 Å². The summed E-state index contributed by atoms with van der Waals surface area (Å²) in [5.41, 5.74) is 3.03. The number of nitrogens with zero attached hydrogens (tertiary/aromatic N) is 2. The van der Waals surface area contributed by atoms with Crippen LogP contribution < -0.4 is 10.2 Å². The molecule has 2 aromatic carbocycles. The number of likely N-dealkylation sites (N-methyl/N-ethyl adjacent to an activating group) is 1. The van der Waals surface area contributed by atoms with Crippen molar-refractivity contribution in [2.75, 3.05) is 42.9 Å². The van der Waals surface area contributed by atoms with Gasteiger partial charge in [0.25, 0.3) is 0 Å². The molecule has 0 aromatic heterocycles. The van der Waals surface area contributed by atoms with Gasteiger partial charge in [-0.1, -0.05) is 48.9 Å². The van der Waals surface area contributed by atoms with Gasteiger partial charge in [-0.3, -0.25) is 4.79 Å². The SMILES string of the molecule is CCN1CCN(c2ccc(Cl)cc2NC(=O)CCc2ccccc2)CC1. The lowest BCUT2D eigenvalue weighted by molar-refractivity contribution is -0.116. The number of aryl methyl sites for hydroxylation is 1. The van der Waals surface area contributed by atoms with Crippen LogP contribution in [0.15, 0.2) is 48.5 Å². The molecule has 5 heteroatoms. The molecule has 4 nitrogen and oxygen atoms in total. The minimum absolute atomic E-state index is 0.0181. The third-order valence-electron chi connectivity index (χ3n) is 4.88. The fourth-order valence-electron chi connectivity index (χ4n) is 3.30. The van der Waals surface area contributed by atoms with Crippen LogP contribution in [0.25, 0.3) is 0 Å². The highest BCUT2D eigenvalue weighted by atomic mass is 35.5. The van der Waals surface area contributed by atoms with E-state index in [0.29, 0.717) is 11.4 Å². The number of anilines is 2. The van der Waals surface area contributed by atoms with E-state index in [0.717, 1.165) is 50.5 Å². The molecule has 2 aromatic rings. The van der Waals surface area contributed by atoms with Crippen molar-refractivity contribution in [3.63, 3.8) is 0 Å². The molecular formula is C21H26ClN3O. The van der Waals surface area contributed by atoms with Crippen LogP contribution in [0.2, 0.25) is 5.02 Å². The lowest BCUT2D eigenvalue weighted by atomic mass is 10.1. The fraction of sp³-hybridized carbons (Fsp3) is 0.381. The fourth-order valence-corrected chi connectivity index (χ4v) is 3.48. The predicted octanol–water partition coefficient (Wildman–Crippen LogP) is 4.05. The van der Waals surface area contributed by atoms with Crippen molar-refractivity contribution in [3.8, 4) is 0 Å². The summed E-state index contributed by atoms with van der Waals surface area (Å²) < 4.78 is 0. The molecule has 0 saturated carbocycles. The van der Waals surface area contributed by atoms with E-state index in [1.54, 1.807) is 0 Å². The van der Waals surface area contributed by atoms with Crippen LogP contribution in [0.3, 0.4) is 0 Å². The predicted molar refractivity (Wildman–Crippen MR) is 109 cm³/mol. The Hall–Kier alpha value is -2.04. The van der Waals surface area contributed by atoms with Gasteiger partial charge in [-0.05, 0) is 36.7 Å². The second kappa shape index (κ2) is 9.06. The van der Waals surface area contributed by atoms with Crippen LogP contribution in [0.4, 0.5) is 11.4 Å². The van der Waals surface area contributed by atoms with Crippen LogP contribution in [-0.2, 0) is 11.2 Å². The number of halogens is 1. The number of rotatable bonds is 6. The summed E-state index contributed by atoms with van der Waals surface area (Å²) in [5, 5.41) is 3.70. The summed E-state index contributed by atoms with van der Waals surface area (Å²) in [7, 11) is 0. The maximum absolute atomic E-state index is 12.4. The Morgan fingerprint density at radius 2 is 1.81 bits per heavy atom. The average molecular weight is 372 g/mol. The van der Waals surface area contributed by atoms with E-state index in [4.69, 9.17) is 11.6 Å². The maximum Gasteiger partial charge on any atom is 0.224 e. The van der Waals surface area contributed by atoms with Crippen molar-refractivity contribution in [1.82, 2.24) is 4.90 Å². The summed E-state index contributed by atoms with van der Waals surface area (Å²) in [6.45, 7) is 7.28. The third kappa shape index (κ3) is 4.99. The summed E-state index contributed by atoms with van der Waals surface area (Å²) in [4.78, 5) is 17.2. The van der Waals surface area contributed by atoms with Gasteiger partial charge in [-0.2, -0.15) is 0 Å². The number of hydrogen-bond acceptors (Lipinski definition) is 3. The second-order valence-electron chi connectivity index (χ2n) is 6.62. The molecule has 3 rings (SSSR count). The van der Waals surface area contributed by atoms with E-state index >= 15 is 0 Å². The quantitative estimate of drug-likeness (QED) is 0.831. The molecule has 1 saturated heterocycles. The third-order valence-corrected chi connectivity index (χ3v) is 5.11. The highest BCUT2D eigenvalue weighted by Gasteiger charge is 2.19. The number of carbonyl (C=O) groups is 1. The lowest BCUT2D eigenvalue weighted by Gasteiger charge is -2.36. The topological polar surface area (TPSA) is 35.6 Å². The minimum Gasteiger partial charge on any atom is -0.367 e. The average Bonchev–Trinajstić information content (AvgIpc) is 2.67. The number of hydrogen-bond donors (Lipinski definition) is 1. The van der Waals surface area contributed by atoms with Crippen LogP contribution >= 0.6 is 11.6 Å². The Balaban J connectivity index is 1.65. The van der Waals surface area contributed by atoms with E-state index in [9.17, 15) is 4.79 Å². The van der Waals surface area contributed by atoms with Gasteiger partial charge >= 0.3 is 0 Å².